The highest BCUT2D eigenvalue weighted by molar-refractivity contribution is 7.22. The summed E-state index contributed by atoms with van der Waals surface area (Å²) in [6, 6.07) is 20.3. The molecule has 2 aromatic carbocycles. The van der Waals surface area contributed by atoms with E-state index in [2.05, 4.69) is 39.1 Å². The third-order valence-corrected chi connectivity index (χ3v) is 6.20. The van der Waals surface area contributed by atoms with E-state index in [1.165, 1.54) is 5.56 Å². The monoisotopic (exact) mass is 435 g/mol. The van der Waals surface area contributed by atoms with Crippen LogP contribution in [-0.2, 0) is 16.0 Å². The highest BCUT2D eigenvalue weighted by atomic mass is 35.5. The lowest BCUT2D eigenvalue weighted by atomic mass is 10.2. The molecule has 0 radical (unpaired) electrons. The van der Waals surface area contributed by atoms with Gasteiger partial charge in [0.15, 0.2) is 11.6 Å². The molecule has 0 saturated heterocycles. The molecule has 0 atom stereocenters. The quantitative estimate of drug-likeness (QED) is 0.379. The van der Waals surface area contributed by atoms with Gasteiger partial charge in [-0.3, -0.25) is 0 Å². The fraction of sp³-hybridized carbons (Fsp3) is 0.130. The van der Waals surface area contributed by atoms with Crippen LogP contribution in [0.1, 0.15) is 5.56 Å². The lowest BCUT2D eigenvalue weighted by molar-refractivity contribution is 0.0797. The van der Waals surface area contributed by atoms with Gasteiger partial charge in [-0.05, 0) is 29.3 Å². The highest BCUT2D eigenvalue weighted by Gasteiger charge is 2.20. The molecule has 0 bridgehead atoms. The Hall–Kier alpha value is -3.09. The van der Waals surface area contributed by atoms with E-state index in [1.54, 1.807) is 23.9 Å². The van der Waals surface area contributed by atoms with E-state index in [4.69, 9.17) is 21.1 Å². The maximum Gasteiger partial charge on any atom is 0.229 e. The Labute approximate surface area is 183 Å². The molecule has 1 aliphatic rings. The molecule has 5 nitrogen and oxygen atoms in total. The van der Waals surface area contributed by atoms with Crippen molar-refractivity contribution in [1.29, 1.82) is 0 Å². The Morgan fingerprint density at radius 1 is 1.00 bits per heavy atom. The first kappa shape index (κ1) is 18.9. The summed E-state index contributed by atoms with van der Waals surface area (Å²) in [4.78, 5) is 12.4. The second-order valence-corrected chi connectivity index (χ2v) is 8.38. The smallest absolute Gasteiger partial charge is 0.229 e. The molecule has 4 aromatic rings. The average Bonchev–Trinajstić information content (AvgIpc) is 3.43. The van der Waals surface area contributed by atoms with E-state index in [0.717, 1.165) is 32.2 Å². The van der Waals surface area contributed by atoms with Crippen LogP contribution in [0, 0.1) is 0 Å². The molecule has 30 heavy (non-hydrogen) atoms. The minimum Gasteiger partial charge on any atom is -0.462 e. The van der Waals surface area contributed by atoms with Gasteiger partial charge in [-0.2, -0.15) is 0 Å². The van der Waals surface area contributed by atoms with Crippen molar-refractivity contribution >= 4 is 39.0 Å². The molecule has 0 spiro atoms. The van der Waals surface area contributed by atoms with Gasteiger partial charge in [0.2, 0.25) is 6.79 Å². The molecule has 0 amide bonds. The van der Waals surface area contributed by atoms with Crippen molar-refractivity contribution < 1.29 is 9.47 Å². The van der Waals surface area contributed by atoms with Crippen molar-refractivity contribution in [3.05, 3.63) is 89.6 Å². The summed E-state index contributed by atoms with van der Waals surface area (Å²) < 4.78 is 11.9. The molecule has 0 unspecified atom stereocenters. The minimum absolute atomic E-state index is 0.256. The van der Waals surface area contributed by atoms with Crippen LogP contribution < -0.4 is 4.90 Å². The molecular formula is C23H18ClN3O2S. The summed E-state index contributed by atoms with van der Waals surface area (Å²) in [5.41, 5.74) is 3.17. The second kappa shape index (κ2) is 8.34. The first-order chi connectivity index (χ1) is 14.8. The Bertz CT molecular complexity index is 1210. The molecule has 0 aliphatic carbocycles. The zero-order valence-electron chi connectivity index (χ0n) is 16.0. The maximum absolute atomic E-state index is 6.20. The van der Waals surface area contributed by atoms with Crippen molar-refractivity contribution in [2.45, 2.75) is 6.54 Å². The summed E-state index contributed by atoms with van der Waals surface area (Å²) in [6.07, 6.45) is 3.28. The number of hydrogen-bond acceptors (Lipinski definition) is 6. The van der Waals surface area contributed by atoms with E-state index in [9.17, 15) is 0 Å². The van der Waals surface area contributed by atoms with Crippen LogP contribution in [-0.4, -0.2) is 23.3 Å². The molecule has 5 rings (SSSR count). The topological polar surface area (TPSA) is 47.5 Å². The molecule has 1 aliphatic heterocycles. The largest absolute Gasteiger partial charge is 0.462 e. The summed E-state index contributed by atoms with van der Waals surface area (Å²) >= 11 is 7.86. The van der Waals surface area contributed by atoms with E-state index in [-0.39, 0.29) is 6.79 Å². The van der Waals surface area contributed by atoms with Gasteiger partial charge in [-0.1, -0.05) is 54.1 Å². The molecule has 0 fully saturated rings. The summed E-state index contributed by atoms with van der Waals surface area (Å²) in [7, 11) is 0. The molecule has 150 valence electrons. The van der Waals surface area contributed by atoms with Crippen LogP contribution >= 0.6 is 22.9 Å². The number of benzene rings is 2. The minimum atomic E-state index is 0.256. The SMILES string of the molecule is Clc1cccc(-c2cc3ncnc(N(CC4=COCO4)Cc4ccccc4)c3s2)c1. The second-order valence-electron chi connectivity index (χ2n) is 6.89. The predicted molar refractivity (Wildman–Crippen MR) is 120 cm³/mol. The molecule has 2 aromatic heterocycles. The average molecular weight is 436 g/mol. The molecule has 0 N–H and O–H groups in total. The Balaban J connectivity index is 1.56. The lowest BCUT2D eigenvalue weighted by Gasteiger charge is -2.24. The van der Waals surface area contributed by atoms with Crippen molar-refractivity contribution in [3.63, 3.8) is 0 Å². The van der Waals surface area contributed by atoms with Crippen LogP contribution in [0.5, 0.6) is 0 Å². The predicted octanol–water partition coefficient (Wildman–Crippen LogP) is 5.86. The molecule has 7 heteroatoms. The van der Waals surface area contributed by atoms with Crippen LogP contribution in [0.2, 0.25) is 5.02 Å². The number of anilines is 1. The number of halogens is 1. The number of rotatable bonds is 6. The number of hydrogen-bond donors (Lipinski definition) is 0. The number of thiophene rings is 1. The zero-order chi connectivity index (χ0) is 20.3. The number of fused-ring (bicyclic) bond motifs is 1. The van der Waals surface area contributed by atoms with Crippen LogP contribution in [0.3, 0.4) is 0 Å². The van der Waals surface area contributed by atoms with Crippen molar-refractivity contribution in [2.75, 3.05) is 18.2 Å². The van der Waals surface area contributed by atoms with Gasteiger partial charge in [0, 0.05) is 16.4 Å². The first-order valence-electron chi connectivity index (χ1n) is 9.49. The zero-order valence-corrected chi connectivity index (χ0v) is 17.6. The van der Waals surface area contributed by atoms with E-state index < -0.39 is 0 Å². The Morgan fingerprint density at radius 2 is 1.90 bits per heavy atom. The Morgan fingerprint density at radius 3 is 2.70 bits per heavy atom. The van der Waals surface area contributed by atoms with Crippen molar-refractivity contribution in [3.8, 4) is 10.4 Å². The number of ether oxygens (including phenoxy) is 2. The van der Waals surface area contributed by atoms with Gasteiger partial charge in [0.25, 0.3) is 0 Å². The fourth-order valence-electron chi connectivity index (χ4n) is 3.40. The van der Waals surface area contributed by atoms with Gasteiger partial charge in [0.05, 0.1) is 16.8 Å². The summed E-state index contributed by atoms with van der Waals surface area (Å²) in [6.45, 7) is 1.51. The van der Waals surface area contributed by atoms with Crippen LogP contribution in [0.15, 0.2) is 79.0 Å². The summed E-state index contributed by atoms with van der Waals surface area (Å²) in [5, 5.41) is 0.715. The number of nitrogens with zero attached hydrogens (tertiary/aromatic N) is 3. The highest BCUT2D eigenvalue weighted by Crippen LogP contribution is 2.38. The molecule has 0 saturated carbocycles. The van der Waals surface area contributed by atoms with E-state index >= 15 is 0 Å². The molecule has 3 heterocycles. The van der Waals surface area contributed by atoms with Gasteiger partial charge in [-0.25, -0.2) is 9.97 Å². The maximum atomic E-state index is 6.20. The third kappa shape index (κ3) is 3.97. The fourth-order valence-corrected chi connectivity index (χ4v) is 4.72. The standard InChI is InChI=1S/C23H18ClN3O2S/c24-18-8-4-7-17(9-18)21-10-20-22(30-21)23(26-14-25-20)27(12-19-13-28-15-29-19)11-16-5-2-1-3-6-16/h1-10,13-14H,11-12,15H2. The lowest BCUT2D eigenvalue weighted by Crippen LogP contribution is -2.26. The van der Waals surface area contributed by atoms with Gasteiger partial charge >= 0.3 is 0 Å². The number of aromatic nitrogens is 2. The molecular weight excluding hydrogens is 418 g/mol. The van der Waals surface area contributed by atoms with Crippen molar-refractivity contribution in [2.24, 2.45) is 0 Å². The van der Waals surface area contributed by atoms with Crippen LogP contribution in [0.25, 0.3) is 20.7 Å². The van der Waals surface area contributed by atoms with Gasteiger partial charge in [0.1, 0.15) is 12.6 Å². The van der Waals surface area contributed by atoms with Gasteiger partial charge in [-0.15, -0.1) is 11.3 Å². The van der Waals surface area contributed by atoms with Gasteiger partial charge < -0.3 is 14.4 Å². The van der Waals surface area contributed by atoms with Crippen molar-refractivity contribution in [1.82, 2.24) is 9.97 Å². The first-order valence-corrected chi connectivity index (χ1v) is 10.7. The van der Waals surface area contributed by atoms with E-state index in [1.807, 2.05) is 36.4 Å². The third-order valence-electron chi connectivity index (χ3n) is 4.79. The normalized spacial score (nSPS) is 13.0. The van der Waals surface area contributed by atoms with E-state index in [0.29, 0.717) is 18.1 Å². The Kier molecular flexibility index (Phi) is 5.26. The summed E-state index contributed by atoms with van der Waals surface area (Å²) in [5.74, 6) is 1.66. The van der Waals surface area contributed by atoms with Crippen LogP contribution in [0.4, 0.5) is 5.82 Å².